The fourth-order valence-electron chi connectivity index (χ4n) is 8.33. The lowest BCUT2D eigenvalue weighted by Gasteiger charge is -2.38. The second kappa shape index (κ2) is 31.7. The van der Waals surface area contributed by atoms with E-state index < -0.39 is 163 Å². The molecule has 80 heavy (non-hydrogen) atoms. The van der Waals surface area contributed by atoms with Crippen LogP contribution in [0.25, 0.3) is 0 Å². The zero-order valence-corrected chi connectivity index (χ0v) is 46.1. The van der Waals surface area contributed by atoms with E-state index in [0.29, 0.717) is 16.7 Å². The first kappa shape index (κ1) is 66.4. The van der Waals surface area contributed by atoms with Crippen molar-refractivity contribution in [1.82, 2.24) is 47.4 Å². The number of phenols is 1. The summed E-state index contributed by atoms with van der Waals surface area (Å²) in [6.45, 7) is 8.28. The molecule has 15 N–H and O–H groups in total. The monoisotopic (exact) mass is 1140 g/mol. The number of carboxylic acid groups (broad SMARTS) is 3. The van der Waals surface area contributed by atoms with Crippen LogP contribution in [0.4, 0.5) is 0 Å². The number of thiol groups is 1. The number of carbonyl (C=O) groups is 12. The van der Waals surface area contributed by atoms with Crippen molar-refractivity contribution >= 4 is 83.7 Å². The van der Waals surface area contributed by atoms with Crippen LogP contribution < -0.4 is 48.3 Å². The van der Waals surface area contributed by atoms with Gasteiger partial charge in [0.15, 0.2) is 0 Å². The molecule has 3 unspecified atom stereocenters. The van der Waals surface area contributed by atoms with Crippen LogP contribution in [-0.2, 0) is 76.9 Å². The minimum atomic E-state index is -1.74. The Balaban J connectivity index is 1.76. The molecule has 0 saturated heterocycles. The number of carboxylic acids is 3. The highest BCUT2D eigenvalue weighted by atomic mass is 32.1. The second-order valence-electron chi connectivity index (χ2n) is 19.8. The van der Waals surface area contributed by atoms with Crippen LogP contribution >= 0.6 is 12.6 Å². The first-order chi connectivity index (χ1) is 37.6. The van der Waals surface area contributed by atoms with Crippen molar-refractivity contribution in [3.63, 3.8) is 0 Å². The summed E-state index contributed by atoms with van der Waals surface area (Å²) in [4.78, 5) is 159. The summed E-state index contributed by atoms with van der Waals surface area (Å²) in [6.07, 6.45) is -2.06. The summed E-state index contributed by atoms with van der Waals surface area (Å²) >= 11 is 4.34. The highest BCUT2D eigenvalue weighted by Crippen LogP contribution is 2.25. The van der Waals surface area contributed by atoms with E-state index in [1.807, 2.05) is 0 Å². The molecule has 0 spiro atoms. The summed E-state index contributed by atoms with van der Waals surface area (Å²) in [7, 11) is 0. The van der Waals surface area contributed by atoms with E-state index in [2.05, 4.69) is 55.2 Å². The van der Waals surface area contributed by atoms with E-state index in [4.69, 9.17) is 10.8 Å². The van der Waals surface area contributed by atoms with Gasteiger partial charge in [0.05, 0.1) is 19.1 Å². The van der Waals surface area contributed by atoms with Gasteiger partial charge < -0.3 is 78.7 Å². The average molecular weight is 1140 g/mol. The molecule has 1 aliphatic rings. The standard InChI is InChI=1S/C52H74N10O17S/c1-7-32(44(70)58-36(23-63)47(73)57-35(52(78)79)19-27-13-15-30(64)16-14-27)54-48(74)38-20-28-11-9-10-12-29(28)22-62(38)51(77)37(24-80)59-45(71)33(8-2)55-49(75)41(25(3)4)61-50(76)42(26(5)6)60-46(72)34(21-40(67)68)56-43(69)31(53)17-18-39(65)66/h9-16,25-26,31-38,41-42,63-64,80H,7-8,17-24,53H2,1-6H3,(H,54,74)(H,55,75)(H,56,69)(H,57,73)(H,58,70)(H,59,71)(H,60,72)(H,61,76)(H,65,66)(H,67,68)(H,78,79)/t31-,32?,33?,34-,35-,36-,37-,38?,41-,42-/m0/s1. The highest BCUT2D eigenvalue weighted by molar-refractivity contribution is 7.80. The van der Waals surface area contributed by atoms with Gasteiger partial charge in [-0.3, -0.25) is 52.7 Å². The Bertz CT molecular complexity index is 2570. The van der Waals surface area contributed by atoms with E-state index >= 15 is 0 Å². The van der Waals surface area contributed by atoms with E-state index in [-0.39, 0.29) is 50.2 Å². The molecule has 0 saturated carbocycles. The van der Waals surface area contributed by atoms with Crippen molar-refractivity contribution in [2.75, 3.05) is 12.4 Å². The number of aromatic hydroxyl groups is 1. The molecule has 3 rings (SSSR count). The smallest absolute Gasteiger partial charge is 0.326 e. The fourth-order valence-corrected chi connectivity index (χ4v) is 8.58. The normalized spacial score (nSPS) is 16.3. The summed E-state index contributed by atoms with van der Waals surface area (Å²) in [6, 6.07) is -1.84. The summed E-state index contributed by atoms with van der Waals surface area (Å²) in [5.41, 5.74) is 7.56. The zero-order chi connectivity index (χ0) is 60.1. The Labute approximate surface area is 467 Å². The number of nitrogens with one attached hydrogen (secondary N) is 8. The highest BCUT2D eigenvalue weighted by Gasteiger charge is 2.41. The molecule has 0 aromatic heterocycles. The van der Waals surface area contributed by atoms with Crippen LogP contribution in [0.2, 0.25) is 0 Å². The third kappa shape index (κ3) is 19.8. The van der Waals surface area contributed by atoms with Gasteiger partial charge in [0.2, 0.25) is 53.2 Å². The Kier molecular flexibility index (Phi) is 26.3. The molecular weight excluding hydrogens is 1070 g/mol. The minimum absolute atomic E-state index is 0.0352. The number of benzene rings is 2. The van der Waals surface area contributed by atoms with Gasteiger partial charge in [0, 0.05) is 31.6 Å². The summed E-state index contributed by atoms with van der Waals surface area (Å²) < 4.78 is 0. The molecule has 0 radical (unpaired) electrons. The van der Waals surface area contributed by atoms with Gasteiger partial charge >= 0.3 is 17.9 Å². The number of aliphatic carboxylic acids is 3. The van der Waals surface area contributed by atoms with Gasteiger partial charge in [0.1, 0.15) is 60.1 Å². The molecule has 10 atom stereocenters. The minimum Gasteiger partial charge on any atom is -0.508 e. The molecule has 2 aromatic rings. The number of aliphatic hydroxyl groups excluding tert-OH is 1. The van der Waals surface area contributed by atoms with Crippen molar-refractivity contribution < 1.29 is 83.1 Å². The molecule has 1 aliphatic heterocycles. The van der Waals surface area contributed by atoms with Crippen molar-refractivity contribution in [2.45, 2.75) is 153 Å². The maximum absolute atomic E-state index is 14.5. The van der Waals surface area contributed by atoms with Crippen molar-refractivity contribution in [2.24, 2.45) is 17.6 Å². The lowest BCUT2D eigenvalue weighted by molar-refractivity contribution is -0.145. The summed E-state index contributed by atoms with van der Waals surface area (Å²) in [5, 5.41) is 67.5. The van der Waals surface area contributed by atoms with Crippen molar-refractivity contribution in [1.29, 1.82) is 0 Å². The maximum Gasteiger partial charge on any atom is 0.326 e. The lowest BCUT2D eigenvalue weighted by Crippen LogP contribution is -2.62. The third-order valence-corrected chi connectivity index (χ3v) is 13.4. The van der Waals surface area contributed by atoms with Gasteiger partial charge in [-0.15, -0.1) is 0 Å². The van der Waals surface area contributed by atoms with Gasteiger partial charge in [-0.05, 0) is 59.9 Å². The Hall–Kier alpha value is -7.85. The molecule has 27 nitrogen and oxygen atoms in total. The topological polar surface area (TPSA) is 431 Å². The number of nitrogens with two attached hydrogens (primary N) is 1. The van der Waals surface area contributed by atoms with Crippen LogP contribution in [0.1, 0.15) is 90.3 Å². The van der Waals surface area contributed by atoms with Crippen molar-refractivity contribution in [3.05, 3.63) is 65.2 Å². The molecule has 28 heteroatoms. The number of phenolic OH excluding ortho intramolecular Hbond substituents is 1. The predicted octanol–water partition coefficient (Wildman–Crippen LogP) is -2.43. The molecule has 2 aromatic carbocycles. The van der Waals surface area contributed by atoms with Gasteiger partial charge in [-0.25, -0.2) is 4.79 Å². The molecule has 0 bridgehead atoms. The molecule has 0 aliphatic carbocycles. The van der Waals surface area contributed by atoms with E-state index in [1.165, 1.54) is 29.2 Å². The van der Waals surface area contributed by atoms with Crippen LogP contribution in [-0.4, -0.2) is 174 Å². The summed E-state index contributed by atoms with van der Waals surface area (Å²) in [5.74, 6) is -14.0. The Morgan fingerprint density at radius 1 is 0.600 bits per heavy atom. The first-order valence-corrected chi connectivity index (χ1v) is 26.5. The number of carbonyl (C=O) groups excluding carboxylic acids is 9. The van der Waals surface area contributed by atoms with Gasteiger partial charge in [-0.2, -0.15) is 12.6 Å². The van der Waals surface area contributed by atoms with E-state index in [9.17, 15) is 78.0 Å². The quantitative estimate of drug-likeness (QED) is 0.0349. The number of hydrogen-bond acceptors (Lipinski definition) is 16. The molecular formula is C52H74N10O17S. The average Bonchev–Trinajstić information content (AvgIpc) is 3.41. The van der Waals surface area contributed by atoms with Crippen molar-refractivity contribution in [3.8, 4) is 5.75 Å². The van der Waals surface area contributed by atoms with E-state index in [1.54, 1.807) is 65.8 Å². The number of rotatable bonds is 31. The SMILES string of the molecule is CCC(NC(=O)C1Cc2ccccc2CN1C(=O)[C@H](CS)NC(=O)C(CC)NC(=O)[C@@H](NC(=O)[C@@H](NC(=O)[C@H](CC(=O)O)NC(=O)[C@@H](N)CCC(=O)O)C(C)C)C(C)C)C(=O)N[C@@H](CO)C(=O)N[C@@H](Cc1ccc(O)cc1)C(=O)O. The number of amides is 9. The van der Waals surface area contributed by atoms with Crippen LogP contribution in [0, 0.1) is 11.8 Å². The number of aliphatic hydroxyl groups is 1. The maximum atomic E-state index is 14.5. The first-order valence-electron chi connectivity index (χ1n) is 25.9. The molecule has 440 valence electrons. The third-order valence-electron chi connectivity index (χ3n) is 13.0. The Morgan fingerprint density at radius 3 is 1.59 bits per heavy atom. The largest absolute Gasteiger partial charge is 0.508 e. The lowest BCUT2D eigenvalue weighted by atomic mass is 9.92. The fraction of sp³-hybridized carbons (Fsp3) is 0.538. The Morgan fingerprint density at radius 2 is 1.07 bits per heavy atom. The molecule has 9 amide bonds. The second-order valence-corrected chi connectivity index (χ2v) is 20.2. The van der Waals surface area contributed by atoms with Crippen LogP contribution in [0.15, 0.2) is 48.5 Å². The molecule has 1 heterocycles. The zero-order valence-electron chi connectivity index (χ0n) is 45.2. The van der Waals surface area contributed by atoms with Gasteiger partial charge in [-0.1, -0.05) is 77.9 Å². The van der Waals surface area contributed by atoms with Crippen LogP contribution in [0.3, 0.4) is 0 Å². The van der Waals surface area contributed by atoms with Crippen LogP contribution in [0.5, 0.6) is 5.75 Å². The predicted molar refractivity (Wildman–Crippen MR) is 288 cm³/mol. The van der Waals surface area contributed by atoms with E-state index in [0.717, 1.165) is 0 Å². The number of hydrogen-bond donors (Lipinski definition) is 15. The number of fused-ring (bicyclic) bond motifs is 1. The number of nitrogens with zero attached hydrogens (tertiary/aromatic N) is 1. The molecule has 0 fully saturated rings. The van der Waals surface area contributed by atoms with Gasteiger partial charge in [0.25, 0.3) is 0 Å².